The van der Waals surface area contributed by atoms with E-state index in [1.807, 2.05) is 10.9 Å². The Morgan fingerprint density at radius 2 is 1.60 bits per heavy atom. The van der Waals surface area contributed by atoms with E-state index in [2.05, 4.69) is 4.74 Å². The largest absolute Gasteiger partial charge is 0.452 e. The van der Waals surface area contributed by atoms with Gasteiger partial charge in [-0.3, -0.25) is 20.4 Å². The van der Waals surface area contributed by atoms with Crippen molar-refractivity contribution in [1.82, 2.24) is 10.9 Å². The van der Waals surface area contributed by atoms with Gasteiger partial charge in [0, 0.05) is 6.07 Å². The van der Waals surface area contributed by atoms with Gasteiger partial charge >= 0.3 is 5.97 Å². The fraction of sp³-hybridized carbons (Fsp3) is 0.0625. The summed E-state index contributed by atoms with van der Waals surface area (Å²) in [6, 6.07) is 7.30. The van der Waals surface area contributed by atoms with E-state index >= 15 is 0 Å². The van der Waals surface area contributed by atoms with Crippen molar-refractivity contribution < 1.29 is 32.3 Å². The molecule has 0 aliphatic heterocycles. The number of halogens is 3. The molecule has 0 spiro atoms. The highest BCUT2D eigenvalue weighted by molar-refractivity contribution is 5.96. The van der Waals surface area contributed by atoms with Crippen LogP contribution in [0.1, 0.15) is 20.7 Å². The number of hydrogen-bond acceptors (Lipinski definition) is 4. The van der Waals surface area contributed by atoms with Crippen LogP contribution in [-0.4, -0.2) is 24.4 Å². The van der Waals surface area contributed by atoms with E-state index in [1.54, 1.807) is 0 Å². The highest BCUT2D eigenvalue weighted by Gasteiger charge is 2.16. The Morgan fingerprint density at radius 1 is 0.880 bits per heavy atom. The van der Waals surface area contributed by atoms with Gasteiger partial charge in [-0.2, -0.15) is 0 Å². The van der Waals surface area contributed by atoms with Crippen molar-refractivity contribution >= 4 is 17.8 Å². The lowest BCUT2D eigenvalue weighted by Crippen LogP contribution is -2.43. The van der Waals surface area contributed by atoms with E-state index in [0.29, 0.717) is 6.07 Å². The standard InChI is InChI=1S/C16H11F3N2O4/c17-9-5-6-11(13(19)7-9)16(24)25-8-14(22)20-21-15(23)10-3-1-2-4-12(10)18/h1-7H,8H2,(H,20,22)(H,21,23). The van der Waals surface area contributed by atoms with Crippen LogP contribution in [0.4, 0.5) is 13.2 Å². The number of ether oxygens (including phenoxy) is 1. The van der Waals surface area contributed by atoms with Gasteiger partial charge in [-0.05, 0) is 24.3 Å². The zero-order valence-electron chi connectivity index (χ0n) is 12.5. The molecule has 130 valence electrons. The van der Waals surface area contributed by atoms with Crippen LogP contribution < -0.4 is 10.9 Å². The molecule has 0 saturated carbocycles. The first-order valence-electron chi connectivity index (χ1n) is 6.84. The minimum Gasteiger partial charge on any atom is -0.452 e. The molecule has 0 aliphatic rings. The molecule has 9 heteroatoms. The summed E-state index contributed by atoms with van der Waals surface area (Å²) in [7, 11) is 0. The minimum atomic E-state index is -1.19. The molecule has 2 amide bonds. The molecular weight excluding hydrogens is 341 g/mol. The molecule has 2 rings (SSSR count). The predicted octanol–water partition coefficient (Wildman–Crippen LogP) is 1.72. The number of esters is 1. The molecule has 0 bridgehead atoms. The maximum atomic E-state index is 13.4. The average Bonchev–Trinajstić information content (AvgIpc) is 2.58. The third-order valence-electron chi connectivity index (χ3n) is 2.92. The molecule has 0 heterocycles. The second kappa shape index (κ2) is 7.95. The van der Waals surface area contributed by atoms with Crippen LogP contribution in [0.3, 0.4) is 0 Å². The van der Waals surface area contributed by atoms with E-state index in [-0.39, 0.29) is 5.56 Å². The predicted molar refractivity (Wildman–Crippen MR) is 78.6 cm³/mol. The Morgan fingerprint density at radius 3 is 2.28 bits per heavy atom. The van der Waals surface area contributed by atoms with Crippen LogP contribution in [0.25, 0.3) is 0 Å². The molecule has 0 saturated heterocycles. The van der Waals surface area contributed by atoms with Crippen molar-refractivity contribution in [2.24, 2.45) is 0 Å². The molecule has 25 heavy (non-hydrogen) atoms. The van der Waals surface area contributed by atoms with Crippen molar-refractivity contribution in [2.75, 3.05) is 6.61 Å². The second-order valence-corrected chi connectivity index (χ2v) is 4.68. The van der Waals surface area contributed by atoms with Crippen LogP contribution in [0.5, 0.6) is 0 Å². The van der Waals surface area contributed by atoms with Crippen molar-refractivity contribution in [3.05, 3.63) is 71.0 Å². The van der Waals surface area contributed by atoms with Gasteiger partial charge in [-0.1, -0.05) is 12.1 Å². The lowest BCUT2D eigenvalue weighted by Gasteiger charge is -2.09. The molecule has 2 aromatic carbocycles. The molecule has 0 atom stereocenters. The minimum absolute atomic E-state index is 0.298. The van der Waals surface area contributed by atoms with Crippen LogP contribution >= 0.6 is 0 Å². The molecule has 0 radical (unpaired) electrons. The van der Waals surface area contributed by atoms with Gasteiger partial charge < -0.3 is 4.74 Å². The summed E-state index contributed by atoms with van der Waals surface area (Å²) in [5.41, 5.74) is 2.98. The number of amides is 2. The van der Waals surface area contributed by atoms with Gasteiger partial charge in [0.1, 0.15) is 17.5 Å². The van der Waals surface area contributed by atoms with Crippen LogP contribution in [0.2, 0.25) is 0 Å². The number of rotatable bonds is 4. The maximum Gasteiger partial charge on any atom is 0.341 e. The average molecular weight is 352 g/mol. The summed E-state index contributed by atoms with van der Waals surface area (Å²) < 4.78 is 44.0. The maximum absolute atomic E-state index is 13.4. The lowest BCUT2D eigenvalue weighted by atomic mass is 10.2. The normalized spacial score (nSPS) is 10.0. The Labute approximate surface area is 139 Å². The summed E-state index contributed by atoms with van der Waals surface area (Å²) in [5.74, 6) is -5.84. The van der Waals surface area contributed by atoms with Crippen LogP contribution in [0.15, 0.2) is 42.5 Å². The molecule has 0 unspecified atom stereocenters. The van der Waals surface area contributed by atoms with Gasteiger partial charge in [-0.15, -0.1) is 0 Å². The van der Waals surface area contributed by atoms with Gasteiger partial charge in [0.15, 0.2) is 6.61 Å². The SMILES string of the molecule is O=C(COC(=O)c1ccc(F)cc1F)NNC(=O)c1ccccc1F. The molecule has 0 aromatic heterocycles. The Hall–Kier alpha value is -3.36. The van der Waals surface area contributed by atoms with Crippen molar-refractivity contribution in [3.63, 3.8) is 0 Å². The van der Waals surface area contributed by atoms with E-state index in [9.17, 15) is 27.6 Å². The zero-order chi connectivity index (χ0) is 18.4. The summed E-state index contributed by atoms with van der Waals surface area (Å²) >= 11 is 0. The quantitative estimate of drug-likeness (QED) is 0.648. The number of nitrogens with one attached hydrogen (secondary N) is 2. The molecular formula is C16H11F3N2O4. The Balaban J connectivity index is 1.83. The van der Waals surface area contributed by atoms with Gasteiger partial charge in [0.05, 0.1) is 11.1 Å². The molecule has 6 nitrogen and oxygen atoms in total. The Kier molecular flexibility index (Phi) is 5.72. The van der Waals surface area contributed by atoms with Gasteiger partial charge in [-0.25, -0.2) is 18.0 Å². The van der Waals surface area contributed by atoms with Gasteiger partial charge in [0.2, 0.25) is 0 Å². The first kappa shape index (κ1) is 18.0. The smallest absolute Gasteiger partial charge is 0.341 e. The van der Waals surface area contributed by atoms with Crippen LogP contribution in [-0.2, 0) is 9.53 Å². The fourth-order valence-electron chi connectivity index (χ4n) is 1.74. The van der Waals surface area contributed by atoms with E-state index in [4.69, 9.17) is 0 Å². The molecule has 2 N–H and O–H groups in total. The number of carbonyl (C=O) groups is 3. The summed E-state index contributed by atoms with van der Waals surface area (Å²) in [4.78, 5) is 34.7. The Bertz CT molecular complexity index is 827. The fourth-order valence-corrected chi connectivity index (χ4v) is 1.74. The van der Waals surface area contributed by atoms with Gasteiger partial charge in [0.25, 0.3) is 11.8 Å². The summed E-state index contributed by atoms with van der Waals surface area (Å²) in [6.45, 7) is -0.840. The topological polar surface area (TPSA) is 84.5 Å². The lowest BCUT2D eigenvalue weighted by molar-refractivity contribution is -0.125. The van der Waals surface area contributed by atoms with Crippen molar-refractivity contribution in [2.45, 2.75) is 0 Å². The zero-order valence-corrected chi connectivity index (χ0v) is 12.5. The summed E-state index contributed by atoms with van der Waals surface area (Å²) in [5, 5.41) is 0. The monoisotopic (exact) mass is 352 g/mol. The third-order valence-corrected chi connectivity index (χ3v) is 2.92. The number of carbonyl (C=O) groups excluding carboxylic acids is 3. The van der Waals surface area contributed by atoms with Crippen molar-refractivity contribution in [1.29, 1.82) is 0 Å². The summed E-state index contributed by atoms with van der Waals surface area (Å²) in [6.07, 6.45) is 0. The number of hydrazine groups is 1. The highest BCUT2D eigenvalue weighted by atomic mass is 19.1. The van der Waals surface area contributed by atoms with Crippen LogP contribution in [0, 0.1) is 17.5 Å². The number of hydrogen-bond donors (Lipinski definition) is 2. The van der Waals surface area contributed by atoms with Crippen molar-refractivity contribution in [3.8, 4) is 0 Å². The van der Waals surface area contributed by atoms with E-state index in [0.717, 1.165) is 18.2 Å². The first-order chi connectivity index (χ1) is 11.9. The first-order valence-corrected chi connectivity index (χ1v) is 6.84. The van der Waals surface area contributed by atoms with E-state index < -0.39 is 47.4 Å². The number of benzene rings is 2. The molecule has 2 aromatic rings. The third kappa shape index (κ3) is 4.80. The second-order valence-electron chi connectivity index (χ2n) is 4.68. The molecule has 0 aliphatic carbocycles. The molecule has 0 fully saturated rings. The van der Waals surface area contributed by atoms with E-state index in [1.165, 1.54) is 18.2 Å². The highest BCUT2D eigenvalue weighted by Crippen LogP contribution is 2.10.